The van der Waals surface area contributed by atoms with Gasteiger partial charge in [0.25, 0.3) is 20.0 Å². The van der Waals surface area contributed by atoms with E-state index in [2.05, 4.69) is 64.5 Å². The maximum atomic E-state index is 13.1. The highest BCUT2D eigenvalue weighted by atomic mass is 35.6. The molecule has 0 radical (unpaired) electrons. The predicted octanol–water partition coefficient (Wildman–Crippen LogP) is 1.33. The number of rotatable bonds is 7. The summed E-state index contributed by atoms with van der Waals surface area (Å²) in [6, 6.07) is 31.0. The summed E-state index contributed by atoms with van der Waals surface area (Å²) in [5.41, 5.74) is 5.68. The van der Waals surface area contributed by atoms with Crippen LogP contribution in [0.2, 0.25) is 0 Å². The molecule has 0 aliphatic heterocycles. The van der Waals surface area contributed by atoms with Gasteiger partial charge in [0.2, 0.25) is 20.9 Å². The second-order valence-electron chi connectivity index (χ2n) is 10.5. The summed E-state index contributed by atoms with van der Waals surface area (Å²) < 4.78 is 78.3. The topological polar surface area (TPSA) is 205 Å². The quantitative estimate of drug-likeness (QED) is 0.236. The maximum Gasteiger partial charge on any atom is 0.267 e. The van der Waals surface area contributed by atoms with Gasteiger partial charge in [-0.2, -0.15) is 4.57 Å². The van der Waals surface area contributed by atoms with E-state index in [1.807, 2.05) is 48.5 Å². The molecule has 236 valence electrons. The number of nitrogens with two attached hydrogens (primary N) is 1. The Kier molecular flexibility index (Phi) is 10.4. The summed E-state index contributed by atoms with van der Waals surface area (Å²) in [5.74, 6) is 0. The van der Waals surface area contributed by atoms with Gasteiger partial charge in [-0.1, -0.05) is 80.6 Å². The third-order valence-electron chi connectivity index (χ3n) is 6.29. The van der Waals surface area contributed by atoms with E-state index in [1.165, 1.54) is 12.1 Å². The highest BCUT2D eigenvalue weighted by Crippen LogP contribution is 2.31. The van der Waals surface area contributed by atoms with Crippen molar-refractivity contribution in [3.05, 3.63) is 103 Å². The molecule has 2 heterocycles. The maximum absolute atomic E-state index is 13.1. The lowest BCUT2D eigenvalue weighted by atomic mass is 9.88. The van der Waals surface area contributed by atoms with Crippen molar-refractivity contribution in [1.29, 1.82) is 0 Å². The Morgan fingerprint density at radius 3 is 1.80 bits per heavy atom. The van der Waals surface area contributed by atoms with Crippen molar-refractivity contribution < 1.29 is 46.2 Å². The van der Waals surface area contributed by atoms with Crippen LogP contribution in [-0.2, 0) is 25.5 Å². The van der Waals surface area contributed by atoms with Gasteiger partial charge in [-0.3, -0.25) is 4.72 Å². The van der Waals surface area contributed by atoms with Crippen LogP contribution in [0.5, 0.6) is 0 Å². The molecule has 0 bridgehead atoms. The standard InChI is InChI=1S/C29H28N5O4S3.ClO3/c1-29(2,3)26-19-22(20-10-6-4-7-11-20)18-25(21-12-8-5-9-13-21)34(26)23-14-16-24(17-15-23)41(37,38)33-27-31-32-28(39-27)40(30,35)36;2-1(3)4/h4-19H,1-3H3,(H,31,33)(H2,30,35,36);/q+1;-1. The molecule has 2 aromatic heterocycles. The van der Waals surface area contributed by atoms with Crippen molar-refractivity contribution in [3.63, 3.8) is 0 Å². The second-order valence-corrected chi connectivity index (χ2v) is 15.3. The number of primary sulfonamides is 1. The summed E-state index contributed by atoms with van der Waals surface area (Å²) in [5, 5.41) is 11.9. The molecule has 0 aliphatic rings. The van der Waals surface area contributed by atoms with Crippen LogP contribution in [0.1, 0.15) is 26.5 Å². The first-order valence-electron chi connectivity index (χ1n) is 13.0. The second kappa shape index (κ2) is 13.7. The van der Waals surface area contributed by atoms with Crippen LogP contribution < -0.4 is 28.4 Å². The summed E-state index contributed by atoms with van der Waals surface area (Å²) in [6.45, 7) is 6.43. The van der Waals surface area contributed by atoms with Crippen LogP contribution in [0.3, 0.4) is 0 Å². The number of benzene rings is 3. The number of hydrogen-bond acceptors (Lipinski definition) is 10. The molecule has 0 fully saturated rings. The lowest BCUT2D eigenvalue weighted by Crippen LogP contribution is -2.43. The fraction of sp³-hybridized carbons (Fsp3) is 0.138. The van der Waals surface area contributed by atoms with Gasteiger partial charge in [-0.05, 0) is 35.4 Å². The number of nitrogens with one attached hydrogen (secondary N) is 1. The van der Waals surface area contributed by atoms with E-state index in [0.717, 1.165) is 33.8 Å². The first-order valence-corrected chi connectivity index (χ1v) is 17.8. The third-order valence-corrected chi connectivity index (χ3v) is 9.92. The van der Waals surface area contributed by atoms with Crippen molar-refractivity contribution in [2.75, 3.05) is 4.72 Å². The Morgan fingerprint density at radius 1 is 0.778 bits per heavy atom. The van der Waals surface area contributed by atoms with E-state index >= 15 is 0 Å². The van der Waals surface area contributed by atoms with E-state index in [9.17, 15) is 16.8 Å². The van der Waals surface area contributed by atoms with Gasteiger partial charge in [-0.15, -0.1) is 10.2 Å². The lowest BCUT2D eigenvalue weighted by Gasteiger charge is -2.20. The molecule has 0 unspecified atom stereocenters. The minimum atomic E-state index is -4.10. The van der Waals surface area contributed by atoms with Crippen LogP contribution in [-0.4, -0.2) is 27.0 Å². The zero-order valence-corrected chi connectivity index (χ0v) is 27.3. The molecule has 0 saturated heterocycles. The zero-order chi connectivity index (χ0) is 33.0. The molecule has 3 aromatic carbocycles. The molecular weight excluding hydrogens is 662 g/mol. The predicted molar refractivity (Wildman–Crippen MR) is 160 cm³/mol. The Balaban J connectivity index is 0.00000109. The van der Waals surface area contributed by atoms with Gasteiger partial charge in [0.1, 0.15) is 0 Å². The smallest absolute Gasteiger partial charge is 0.267 e. The summed E-state index contributed by atoms with van der Waals surface area (Å²) in [6.07, 6.45) is 0. The van der Waals surface area contributed by atoms with E-state index in [0.29, 0.717) is 11.3 Å². The molecule has 12 nitrogen and oxygen atoms in total. The SMILES string of the molecule is CC(C)(C)c1cc(-c2ccccc2)cc(-c2ccccc2)[n+]1-c1ccc(S(=O)(=O)Nc2nnc(S(N)(=O)=O)s2)cc1.[O-][Cl+2]([O-])[O-]. The number of pyridine rings is 1. The van der Waals surface area contributed by atoms with Gasteiger partial charge >= 0.3 is 0 Å². The van der Waals surface area contributed by atoms with E-state index in [1.54, 1.807) is 12.1 Å². The van der Waals surface area contributed by atoms with E-state index < -0.39 is 35.2 Å². The minimum Gasteiger partial charge on any atom is -0.357 e. The lowest BCUT2D eigenvalue weighted by molar-refractivity contribution is -1.73. The molecule has 0 saturated carbocycles. The molecular formula is C29H28ClN5O7S3. The van der Waals surface area contributed by atoms with Gasteiger partial charge in [-0.25, -0.2) is 22.0 Å². The van der Waals surface area contributed by atoms with Crippen LogP contribution in [0.15, 0.2) is 106 Å². The Hall–Kier alpha value is -3.80. The van der Waals surface area contributed by atoms with E-state index in [4.69, 9.17) is 19.1 Å². The van der Waals surface area contributed by atoms with Crippen LogP contribution >= 0.6 is 11.3 Å². The van der Waals surface area contributed by atoms with Gasteiger partial charge in [0.05, 0.1) is 15.7 Å². The number of aromatic nitrogens is 3. The Labute approximate surface area is 268 Å². The van der Waals surface area contributed by atoms with Crippen LogP contribution in [0, 0.1) is 10.8 Å². The molecule has 16 heteroatoms. The Bertz CT molecular complexity index is 1980. The largest absolute Gasteiger partial charge is 0.357 e. The molecule has 0 amide bonds. The molecule has 0 spiro atoms. The average Bonchev–Trinajstić information content (AvgIpc) is 3.45. The highest BCUT2D eigenvalue weighted by molar-refractivity contribution is 7.93. The van der Waals surface area contributed by atoms with Gasteiger partial charge in [0, 0.05) is 35.2 Å². The number of halogens is 1. The van der Waals surface area contributed by atoms with Crippen LogP contribution in [0.4, 0.5) is 5.13 Å². The average molecular weight is 690 g/mol. The number of nitrogens with zero attached hydrogens (tertiary/aromatic N) is 3. The summed E-state index contributed by atoms with van der Waals surface area (Å²) in [7, 11) is -11.0. The summed E-state index contributed by atoms with van der Waals surface area (Å²) in [4.78, 5) is -0.0197. The third kappa shape index (κ3) is 8.68. The normalized spacial score (nSPS) is 12.0. The first-order chi connectivity index (χ1) is 21.1. The number of anilines is 1. The van der Waals surface area contributed by atoms with Gasteiger partial charge < -0.3 is 14.0 Å². The summed E-state index contributed by atoms with van der Waals surface area (Å²) >= 11 is 0.536. The zero-order valence-electron chi connectivity index (χ0n) is 24.1. The highest BCUT2D eigenvalue weighted by Gasteiger charge is 2.32. The molecule has 0 aliphatic carbocycles. The van der Waals surface area contributed by atoms with Crippen molar-refractivity contribution >= 4 is 36.5 Å². The monoisotopic (exact) mass is 689 g/mol. The van der Waals surface area contributed by atoms with Crippen molar-refractivity contribution in [2.45, 2.75) is 35.4 Å². The molecule has 3 N–H and O–H groups in total. The molecule has 0 atom stereocenters. The van der Waals surface area contributed by atoms with Crippen LogP contribution in [0.25, 0.3) is 28.1 Å². The minimum absolute atomic E-state index is 0.0197. The first kappa shape index (κ1) is 34.1. The molecule has 5 aromatic rings. The van der Waals surface area contributed by atoms with Gasteiger partial charge in [0.15, 0.2) is 5.69 Å². The fourth-order valence-electron chi connectivity index (χ4n) is 4.36. The van der Waals surface area contributed by atoms with Crippen molar-refractivity contribution in [3.8, 4) is 28.1 Å². The van der Waals surface area contributed by atoms with Crippen molar-refractivity contribution in [1.82, 2.24) is 10.2 Å². The Morgan fingerprint density at radius 2 is 1.31 bits per heavy atom. The molecule has 45 heavy (non-hydrogen) atoms. The molecule has 5 rings (SSSR count). The van der Waals surface area contributed by atoms with E-state index in [-0.39, 0.29) is 15.4 Å². The number of sulfonamides is 2. The fourth-order valence-corrected chi connectivity index (χ4v) is 6.92. The number of hydrogen-bond donors (Lipinski definition) is 2. The van der Waals surface area contributed by atoms with Crippen molar-refractivity contribution in [2.24, 2.45) is 5.14 Å².